The van der Waals surface area contributed by atoms with Crippen LogP contribution in [0.3, 0.4) is 0 Å². The molecule has 0 fully saturated rings. The molecule has 0 aliphatic heterocycles. The second-order valence-electron chi connectivity index (χ2n) is 10.2. The van der Waals surface area contributed by atoms with Crippen molar-refractivity contribution >= 4 is 25.8 Å². The molecule has 2 aromatic heterocycles. The number of esters is 1. The monoisotopic (exact) mass is 512 g/mol. The highest BCUT2D eigenvalue weighted by atomic mass is 28.4. The molecule has 0 spiro atoms. The van der Waals surface area contributed by atoms with Crippen LogP contribution in [0.25, 0.3) is 16.8 Å². The molecule has 0 atom stereocenters. The quantitative estimate of drug-likeness (QED) is 0.181. The van der Waals surface area contributed by atoms with Gasteiger partial charge in [-0.05, 0) is 41.9 Å². The lowest BCUT2D eigenvalue weighted by Gasteiger charge is -2.36. The molecule has 10 heteroatoms. The van der Waals surface area contributed by atoms with E-state index in [1.165, 1.54) is 7.11 Å². The smallest absolute Gasteiger partial charge is 0.337 e. The van der Waals surface area contributed by atoms with E-state index in [-0.39, 0.29) is 11.0 Å². The van der Waals surface area contributed by atoms with Crippen LogP contribution in [0.4, 0.5) is 5.82 Å². The van der Waals surface area contributed by atoms with Gasteiger partial charge in [0.15, 0.2) is 14.0 Å². The number of nitrogens with zero attached hydrogens (tertiary/aromatic N) is 3. The SMILES string of the molecule is COC(=O)c1cccc(-c2cnn3ccc(NCCNCCNCCO[Si](C)(C)C(C)(C)C)nc23)c1. The van der Waals surface area contributed by atoms with Crippen molar-refractivity contribution < 1.29 is 14.0 Å². The molecule has 36 heavy (non-hydrogen) atoms. The van der Waals surface area contributed by atoms with Gasteiger partial charge in [0.25, 0.3) is 0 Å². The molecule has 0 bridgehead atoms. The van der Waals surface area contributed by atoms with Crippen LogP contribution in [-0.4, -0.2) is 75.3 Å². The molecule has 9 nitrogen and oxygen atoms in total. The van der Waals surface area contributed by atoms with Crippen LogP contribution in [0.15, 0.2) is 42.7 Å². The molecular weight excluding hydrogens is 472 g/mol. The number of fused-ring (bicyclic) bond motifs is 1. The average Bonchev–Trinajstić information content (AvgIpc) is 3.27. The molecule has 0 aliphatic rings. The van der Waals surface area contributed by atoms with Crippen molar-refractivity contribution in [2.45, 2.75) is 38.9 Å². The van der Waals surface area contributed by atoms with Crippen LogP contribution in [0, 0.1) is 0 Å². The van der Waals surface area contributed by atoms with E-state index in [0.717, 1.165) is 61.9 Å². The molecule has 0 saturated heterocycles. The summed E-state index contributed by atoms with van der Waals surface area (Å²) in [7, 11) is -0.286. The Bertz CT molecular complexity index is 1140. The van der Waals surface area contributed by atoms with Gasteiger partial charge in [-0.2, -0.15) is 5.10 Å². The number of benzene rings is 1. The Morgan fingerprint density at radius 3 is 2.50 bits per heavy atom. The molecule has 3 N–H and O–H groups in total. The Balaban J connectivity index is 1.41. The number of ether oxygens (including phenoxy) is 1. The zero-order valence-electron chi connectivity index (χ0n) is 22.4. The molecule has 0 unspecified atom stereocenters. The van der Waals surface area contributed by atoms with E-state index in [9.17, 15) is 4.79 Å². The first-order chi connectivity index (χ1) is 17.1. The molecule has 0 saturated carbocycles. The number of nitrogens with one attached hydrogen (secondary N) is 3. The molecule has 2 heterocycles. The van der Waals surface area contributed by atoms with Gasteiger partial charge in [0.2, 0.25) is 0 Å². The Hall–Kier alpha value is -2.79. The van der Waals surface area contributed by atoms with Crippen LogP contribution in [0.2, 0.25) is 18.1 Å². The van der Waals surface area contributed by atoms with E-state index in [0.29, 0.717) is 5.56 Å². The number of methoxy groups -OCH3 is 1. The summed E-state index contributed by atoms with van der Waals surface area (Å²) in [6.07, 6.45) is 3.63. The fraction of sp³-hybridized carbons (Fsp3) is 0.500. The lowest BCUT2D eigenvalue weighted by molar-refractivity contribution is 0.0600. The zero-order chi connectivity index (χ0) is 26.2. The molecule has 1 aromatic carbocycles. The predicted octanol–water partition coefficient (Wildman–Crippen LogP) is 3.80. The second-order valence-corrected chi connectivity index (χ2v) is 15.1. The van der Waals surface area contributed by atoms with Crippen LogP contribution >= 0.6 is 0 Å². The van der Waals surface area contributed by atoms with E-state index < -0.39 is 8.32 Å². The first-order valence-corrected chi connectivity index (χ1v) is 15.4. The minimum atomic E-state index is -1.66. The van der Waals surface area contributed by atoms with E-state index in [4.69, 9.17) is 14.1 Å². The lowest BCUT2D eigenvalue weighted by Crippen LogP contribution is -2.42. The normalized spacial score (nSPS) is 12.2. The van der Waals surface area contributed by atoms with E-state index in [1.807, 2.05) is 24.4 Å². The largest absolute Gasteiger partial charge is 0.465 e. The number of rotatable bonds is 13. The number of anilines is 1. The van der Waals surface area contributed by atoms with Crippen molar-refractivity contribution in [1.82, 2.24) is 25.2 Å². The number of hydrogen-bond acceptors (Lipinski definition) is 8. The summed E-state index contributed by atoms with van der Waals surface area (Å²) >= 11 is 0. The Morgan fingerprint density at radius 2 is 1.78 bits per heavy atom. The third-order valence-corrected chi connectivity index (χ3v) is 11.1. The molecule has 196 valence electrons. The van der Waals surface area contributed by atoms with Gasteiger partial charge in [-0.15, -0.1) is 0 Å². The van der Waals surface area contributed by atoms with Crippen molar-refractivity contribution in [3.8, 4) is 11.1 Å². The first kappa shape index (κ1) is 27.8. The van der Waals surface area contributed by atoms with Gasteiger partial charge in [-0.1, -0.05) is 32.9 Å². The zero-order valence-corrected chi connectivity index (χ0v) is 23.4. The first-order valence-electron chi connectivity index (χ1n) is 12.4. The fourth-order valence-electron chi connectivity index (χ4n) is 3.40. The summed E-state index contributed by atoms with van der Waals surface area (Å²) < 4.78 is 12.7. The molecular formula is C26H40N6O3Si. The lowest BCUT2D eigenvalue weighted by atomic mass is 10.1. The molecule has 0 radical (unpaired) electrons. The standard InChI is InChI=1S/C26H40N6O3Si/c1-26(2,3)36(5,6)35-17-15-28-12-11-27-13-14-29-23-10-16-32-24(31-23)22(19-30-32)20-8-7-9-21(18-20)25(33)34-4/h7-10,16,18-19,27-28H,11-15,17H2,1-6H3,(H,29,31). The van der Waals surface area contributed by atoms with Gasteiger partial charge in [0, 0.05) is 51.1 Å². The Kier molecular flexibility index (Phi) is 9.60. The van der Waals surface area contributed by atoms with Gasteiger partial charge in [-0.3, -0.25) is 0 Å². The Morgan fingerprint density at radius 1 is 1.06 bits per heavy atom. The summed E-state index contributed by atoms with van der Waals surface area (Å²) in [6.45, 7) is 16.3. The summed E-state index contributed by atoms with van der Waals surface area (Å²) in [6, 6.07) is 9.19. The van der Waals surface area contributed by atoms with Crippen molar-refractivity contribution in [1.29, 1.82) is 0 Å². The summed E-state index contributed by atoms with van der Waals surface area (Å²) in [5.41, 5.74) is 2.93. The third-order valence-electron chi connectivity index (χ3n) is 6.60. The van der Waals surface area contributed by atoms with Gasteiger partial charge < -0.3 is 25.1 Å². The van der Waals surface area contributed by atoms with E-state index >= 15 is 0 Å². The second kappa shape index (κ2) is 12.4. The van der Waals surface area contributed by atoms with Crippen LogP contribution in [-0.2, 0) is 9.16 Å². The van der Waals surface area contributed by atoms with Crippen molar-refractivity contribution in [2.24, 2.45) is 0 Å². The maximum atomic E-state index is 11.9. The highest BCUT2D eigenvalue weighted by Gasteiger charge is 2.36. The number of hydrogen-bond donors (Lipinski definition) is 3. The number of carbonyl (C=O) groups is 1. The average molecular weight is 513 g/mol. The topological polar surface area (TPSA) is 102 Å². The predicted molar refractivity (Wildman–Crippen MR) is 147 cm³/mol. The fourth-order valence-corrected chi connectivity index (χ4v) is 4.45. The van der Waals surface area contributed by atoms with Gasteiger partial charge in [-0.25, -0.2) is 14.3 Å². The molecule has 0 amide bonds. The minimum absolute atomic E-state index is 0.246. The van der Waals surface area contributed by atoms with E-state index in [2.05, 4.69) is 54.9 Å². The van der Waals surface area contributed by atoms with Crippen LogP contribution in [0.1, 0.15) is 31.1 Å². The molecule has 3 rings (SSSR count). The Labute approximate surface area is 215 Å². The summed E-state index contributed by atoms with van der Waals surface area (Å²) in [5.74, 6) is 0.405. The van der Waals surface area contributed by atoms with Gasteiger partial charge >= 0.3 is 5.97 Å². The van der Waals surface area contributed by atoms with Crippen molar-refractivity contribution in [2.75, 3.05) is 51.8 Å². The molecule has 0 aliphatic carbocycles. The molecule has 3 aromatic rings. The maximum Gasteiger partial charge on any atom is 0.337 e. The highest BCUT2D eigenvalue weighted by molar-refractivity contribution is 6.74. The van der Waals surface area contributed by atoms with Crippen LogP contribution < -0.4 is 16.0 Å². The van der Waals surface area contributed by atoms with E-state index in [1.54, 1.807) is 22.8 Å². The maximum absolute atomic E-state index is 11.9. The highest BCUT2D eigenvalue weighted by Crippen LogP contribution is 2.36. The van der Waals surface area contributed by atoms with Gasteiger partial charge in [0.1, 0.15) is 5.82 Å². The third kappa shape index (κ3) is 7.36. The van der Waals surface area contributed by atoms with Crippen molar-refractivity contribution in [3.05, 3.63) is 48.3 Å². The number of carbonyl (C=O) groups excluding carboxylic acids is 1. The summed E-state index contributed by atoms with van der Waals surface area (Å²) in [4.78, 5) is 16.6. The van der Waals surface area contributed by atoms with Gasteiger partial charge in [0.05, 0.1) is 18.9 Å². The summed E-state index contributed by atoms with van der Waals surface area (Å²) in [5, 5.41) is 14.9. The van der Waals surface area contributed by atoms with Crippen LogP contribution in [0.5, 0.6) is 0 Å². The number of aromatic nitrogens is 3. The van der Waals surface area contributed by atoms with Crippen molar-refractivity contribution in [3.63, 3.8) is 0 Å². The minimum Gasteiger partial charge on any atom is -0.465 e.